The summed E-state index contributed by atoms with van der Waals surface area (Å²) >= 11 is 0. The van der Waals surface area contributed by atoms with Gasteiger partial charge < -0.3 is 20.7 Å². The molecule has 0 fully saturated rings. The number of carbonyl (C=O) groups excluding carboxylic acids is 2. The summed E-state index contributed by atoms with van der Waals surface area (Å²) in [4.78, 5) is 32.2. The highest BCUT2D eigenvalue weighted by molar-refractivity contribution is 6.06. The fourth-order valence-electron chi connectivity index (χ4n) is 2.93. The van der Waals surface area contributed by atoms with Crippen LogP contribution in [0.25, 0.3) is 11.1 Å². The second kappa shape index (κ2) is 9.50. The van der Waals surface area contributed by atoms with Gasteiger partial charge >= 0.3 is 6.18 Å². The summed E-state index contributed by atoms with van der Waals surface area (Å²) in [5.74, 6) is -1.21. The molecule has 8 nitrogen and oxygen atoms in total. The van der Waals surface area contributed by atoms with Crippen LogP contribution < -0.4 is 20.7 Å². The predicted octanol–water partition coefficient (Wildman–Crippen LogP) is 2.28. The maximum atomic E-state index is 12.8. The van der Waals surface area contributed by atoms with Gasteiger partial charge in [0.25, 0.3) is 5.91 Å². The molecule has 0 aliphatic carbocycles. The van der Waals surface area contributed by atoms with E-state index in [0.717, 1.165) is 0 Å². The number of pyridine rings is 1. The number of aromatic nitrogens is 1. The molecule has 1 aliphatic heterocycles. The van der Waals surface area contributed by atoms with E-state index >= 15 is 0 Å². The van der Waals surface area contributed by atoms with Crippen molar-refractivity contribution >= 4 is 18.0 Å². The van der Waals surface area contributed by atoms with E-state index in [0.29, 0.717) is 16.7 Å². The van der Waals surface area contributed by atoms with Crippen LogP contribution in [-0.4, -0.2) is 41.5 Å². The lowest BCUT2D eigenvalue weighted by molar-refractivity contribution is -0.154. The molecule has 0 saturated heterocycles. The highest BCUT2D eigenvalue weighted by Gasteiger charge is 2.37. The number of hydrogen-bond acceptors (Lipinski definition) is 6. The average Bonchev–Trinajstić information content (AvgIpc) is 2.76. The van der Waals surface area contributed by atoms with Crippen molar-refractivity contribution in [2.75, 3.05) is 6.61 Å². The Hall–Kier alpha value is -3.89. The normalized spacial score (nSPS) is 17.4. The van der Waals surface area contributed by atoms with Gasteiger partial charge in [0.15, 0.2) is 6.61 Å². The third-order valence-electron chi connectivity index (χ3n) is 4.29. The van der Waals surface area contributed by atoms with Crippen molar-refractivity contribution in [3.63, 3.8) is 0 Å². The Balaban J connectivity index is 1.81. The van der Waals surface area contributed by atoms with Crippen LogP contribution in [0.4, 0.5) is 13.2 Å². The molecule has 0 radical (unpaired) electrons. The minimum absolute atomic E-state index is 0.00815. The number of nitrogens with one attached hydrogen (secondary N) is 3. The van der Waals surface area contributed by atoms with E-state index in [1.165, 1.54) is 31.7 Å². The van der Waals surface area contributed by atoms with Gasteiger partial charge in [-0.3, -0.25) is 14.6 Å². The van der Waals surface area contributed by atoms with E-state index < -0.39 is 30.3 Å². The Morgan fingerprint density at radius 1 is 1.22 bits per heavy atom. The number of carbonyl (C=O) groups is 2. The molecule has 1 atom stereocenters. The quantitative estimate of drug-likeness (QED) is 0.604. The number of aliphatic imine (C=N–C) groups is 1. The monoisotopic (exact) mass is 447 g/mol. The molecule has 2 heterocycles. The van der Waals surface area contributed by atoms with Crippen LogP contribution in [0.1, 0.15) is 12.5 Å². The predicted molar refractivity (Wildman–Crippen MR) is 110 cm³/mol. The molecule has 1 aromatic heterocycles. The first-order valence-corrected chi connectivity index (χ1v) is 9.46. The Kier molecular flexibility index (Phi) is 6.76. The number of ether oxygens (including phenoxy) is 1. The maximum Gasteiger partial charge on any atom is 0.422 e. The van der Waals surface area contributed by atoms with Crippen LogP contribution in [0, 0.1) is 0 Å². The van der Waals surface area contributed by atoms with Crippen molar-refractivity contribution in [2.24, 2.45) is 4.99 Å². The van der Waals surface area contributed by atoms with E-state index in [9.17, 15) is 22.8 Å². The molecule has 11 heteroatoms. The van der Waals surface area contributed by atoms with Crippen LogP contribution >= 0.6 is 0 Å². The molecular weight excluding hydrogens is 427 g/mol. The zero-order valence-electron chi connectivity index (χ0n) is 16.9. The molecule has 2 aromatic rings. The van der Waals surface area contributed by atoms with Crippen molar-refractivity contribution in [2.45, 2.75) is 25.3 Å². The average molecular weight is 447 g/mol. The number of alkyl halides is 3. The van der Waals surface area contributed by atoms with Gasteiger partial charge in [0.05, 0.1) is 6.21 Å². The standard InChI is InChI=1S/C21H20F3N5O3/c1-14(30)29-20(12-25-7-8-28-20)19(31)27-11-15-9-17(16-5-3-2-4-6-16)18(26-10-15)32-13-21(22,23)24/h2-10,12,28H,11,13H2,1H3,(H,27,31)(H,29,30). The molecule has 3 N–H and O–H groups in total. The molecule has 0 spiro atoms. The van der Waals surface area contributed by atoms with Crippen LogP contribution in [-0.2, 0) is 16.1 Å². The summed E-state index contributed by atoms with van der Waals surface area (Å²) in [6.45, 7) is -0.224. The Labute approximate surface area is 181 Å². The first kappa shape index (κ1) is 22.8. The topological polar surface area (TPSA) is 105 Å². The van der Waals surface area contributed by atoms with E-state index in [1.807, 2.05) is 0 Å². The highest BCUT2D eigenvalue weighted by Crippen LogP contribution is 2.30. The summed E-state index contributed by atoms with van der Waals surface area (Å²) in [5.41, 5.74) is -0.103. The molecule has 1 unspecified atom stereocenters. The molecule has 168 valence electrons. The fourth-order valence-corrected chi connectivity index (χ4v) is 2.93. The zero-order chi connectivity index (χ0) is 23.2. The van der Waals surface area contributed by atoms with Gasteiger partial charge in [-0.2, -0.15) is 13.2 Å². The SMILES string of the molecule is CC(=O)NC1(C(=O)NCc2cnc(OCC(F)(F)F)c(-c3ccccc3)c2)C=NC=CN1. The van der Waals surface area contributed by atoms with Gasteiger partial charge in [0.1, 0.15) is 0 Å². The molecule has 1 aromatic carbocycles. The minimum atomic E-state index is -4.51. The first-order valence-electron chi connectivity index (χ1n) is 9.46. The molecule has 0 saturated carbocycles. The largest absolute Gasteiger partial charge is 0.468 e. The second-order valence-corrected chi connectivity index (χ2v) is 6.88. The number of amides is 2. The summed E-state index contributed by atoms with van der Waals surface area (Å²) in [6, 6.07) is 10.2. The second-order valence-electron chi connectivity index (χ2n) is 6.88. The van der Waals surface area contributed by atoms with Crippen molar-refractivity contribution in [3.05, 3.63) is 60.6 Å². The van der Waals surface area contributed by atoms with Gasteiger partial charge in [-0.05, 0) is 17.2 Å². The van der Waals surface area contributed by atoms with E-state index in [2.05, 4.69) is 25.9 Å². The van der Waals surface area contributed by atoms with Crippen LogP contribution in [0.3, 0.4) is 0 Å². The fraction of sp³-hybridized carbons (Fsp3) is 0.238. The summed E-state index contributed by atoms with van der Waals surface area (Å²) in [6.07, 6.45) is 0.890. The number of nitrogens with zero attached hydrogens (tertiary/aromatic N) is 2. The maximum absolute atomic E-state index is 12.8. The molecule has 3 rings (SSSR count). The van der Waals surface area contributed by atoms with Crippen molar-refractivity contribution in [3.8, 4) is 17.0 Å². The van der Waals surface area contributed by atoms with Crippen LogP contribution in [0.2, 0.25) is 0 Å². The van der Waals surface area contributed by atoms with E-state index in [4.69, 9.17) is 4.74 Å². The van der Waals surface area contributed by atoms with E-state index in [-0.39, 0.29) is 12.4 Å². The van der Waals surface area contributed by atoms with Crippen molar-refractivity contribution in [1.82, 2.24) is 20.9 Å². The van der Waals surface area contributed by atoms with E-state index in [1.54, 1.807) is 36.4 Å². The zero-order valence-corrected chi connectivity index (χ0v) is 16.9. The number of hydrogen-bond donors (Lipinski definition) is 3. The van der Waals surface area contributed by atoms with Crippen LogP contribution in [0.15, 0.2) is 60.0 Å². The lowest BCUT2D eigenvalue weighted by Crippen LogP contribution is -2.67. The number of benzene rings is 1. The summed E-state index contributed by atoms with van der Waals surface area (Å²) in [5, 5.41) is 7.93. The molecular formula is C21H20F3N5O3. The smallest absolute Gasteiger partial charge is 0.422 e. The Morgan fingerprint density at radius 2 is 1.97 bits per heavy atom. The molecule has 32 heavy (non-hydrogen) atoms. The molecule has 1 aliphatic rings. The third-order valence-corrected chi connectivity index (χ3v) is 4.29. The number of rotatable bonds is 7. The molecule has 2 amide bonds. The van der Waals surface area contributed by atoms with Gasteiger partial charge in [-0.1, -0.05) is 30.3 Å². The van der Waals surface area contributed by atoms with Crippen LogP contribution in [0.5, 0.6) is 5.88 Å². The minimum Gasteiger partial charge on any atom is -0.468 e. The van der Waals surface area contributed by atoms with Gasteiger partial charge in [-0.15, -0.1) is 0 Å². The number of halogens is 3. The van der Waals surface area contributed by atoms with Crippen molar-refractivity contribution in [1.29, 1.82) is 0 Å². The Morgan fingerprint density at radius 3 is 2.59 bits per heavy atom. The highest BCUT2D eigenvalue weighted by atomic mass is 19.4. The van der Waals surface area contributed by atoms with Crippen molar-refractivity contribution < 1.29 is 27.5 Å². The van der Waals surface area contributed by atoms with Gasteiger partial charge in [-0.25, -0.2) is 4.98 Å². The lowest BCUT2D eigenvalue weighted by atomic mass is 10.0. The summed E-state index contributed by atoms with van der Waals surface area (Å²) in [7, 11) is 0. The van der Waals surface area contributed by atoms with Gasteiger partial charge in [0.2, 0.25) is 17.5 Å². The Bertz CT molecular complexity index is 1040. The first-order chi connectivity index (χ1) is 15.2. The van der Waals surface area contributed by atoms with Gasteiger partial charge in [0, 0.05) is 37.6 Å². The lowest BCUT2D eigenvalue weighted by Gasteiger charge is -2.30. The summed E-state index contributed by atoms with van der Waals surface area (Å²) < 4.78 is 42.7. The third kappa shape index (κ3) is 5.84. The molecule has 0 bridgehead atoms.